The third-order valence-electron chi connectivity index (χ3n) is 2.37. The molecule has 0 saturated heterocycles. The molecule has 6 nitrogen and oxygen atoms in total. The first kappa shape index (κ1) is 15.1. The zero-order valence-electron chi connectivity index (χ0n) is 10.5. The molecule has 0 aliphatic heterocycles. The third kappa shape index (κ3) is 3.43. The van der Waals surface area contributed by atoms with E-state index in [9.17, 15) is 18.0 Å². The van der Waals surface area contributed by atoms with Gasteiger partial charge in [0, 0.05) is 6.07 Å². The molecule has 2 heterocycles. The first-order valence-electron chi connectivity index (χ1n) is 5.44. The molecule has 1 N–H and O–H groups in total. The summed E-state index contributed by atoms with van der Waals surface area (Å²) in [6, 6.07) is 1.55. The summed E-state index contributed by atoms with van der Waals surface area (Å²) in [7, 11) is 1.44. The summed E-state index contributed by atoms with van der Waals surface area (Å²) >= 11 is 5.70. The highest BCUT2D eigenvalue weighted by molar-refractivity contribution is 6.32. The van der Waals surface area contributed by atoms with Gasteiger partial charge in [-0.1, -0.05) is 11.6 Å². The summed E-state index contributed by atoms with van der Waals surface area (Å²) in [5, 5.41) is 5.15. The van der Waals surface area contributed by atoms with E-state index >= 15 is 0 Å². The maximum Gasteiger partial charge on any atom is 0.471 e. The van der Waals surface area contributed by atoms with Gasteiger partial charge in [0.2, 0.25) is 0 Å². The van der Waals surface area contributed by atoms with Crippen molar-refractivity contribution in [1.82, 2.24) is 14.8 Å². The molecule has 0 aliphatic rings. The van der Waals surface area contributed by atoms with Gasteiger partial charge < -0.3 is 10.1 Å². The predicted molar refractivity (Wildman–Crippen MR) is 67.6 cm³/mol. The fourth-order valence-corrected chi connectivity index (χ4v) is 1.58. The minimum absolute atomic E-state index is 0.262. The van der Waals surface area contributed by atoms with Crippen LogP contribution in [0.25, 0.3) is 5.69 Å². The van der Waals surface area contributed by atoms with Gasteiger partial charge in [0.1, 0.15) is 5.75 Å². The minimum Gasteiger partial charge on any atom is -0.495 e. The van der Waals surface area contributed by atoms with E-state index in [1.54, 1.807) is 11.4 Å². The highest BCUT2D eigenvalue weighted by Crippen LogP contribution is 2.25. The molecule has 2 aromatic rings. The van der Waals surface area contributed by atoms with Crippen LogP contribution in [-0.4, -0.2) is 34.0 Å². The second-order valence-corrected chi connectivity index (χ2v) is 4.17. The Balaban J connectivity index is 2.28. The number of halogens is 4. The zero-order valence-corrected chi connectivity index (χ0v) is 11.2. The molecular formula is C11H8ClF3N4O2. The standard InChI is InChI=1S/C11H8ClF3N4O2/c1-21-7-2-6(3-16-4-7)19-5-8(9(12)18-19)17-10(20)11(13,14)15/h2-5H,1H3,(H,17,20). The van der Waals surface area contributed by atoms with E-state index in [1.165, 1.54) is 24.2 Å². The van der Waals surface area contributed by atoms with Crippen molar-refractivity contribution in [1.29, 1.82) is 0 Å². The summed E-state index contributed by atoms with van der Waals surface area (Å²) in [6.45, 7) is 0. The van der Waals surface area contributed by atoms with Gasteiger partial charge in [-0.2, -0.15) is 18.3 Å². The van der Waals surface area contributed by atoms with Gasteiger partial charge in [-0.05, 0) is 0 Å². The molecule has 0 spiro atoms. The Kier molecular flexibility index (Phi) is 4.03. The predicted octanol–water partition coefficient (Wildman–Crippen LogP) is 2.43. The fourth-order valence-electron chi connectivity index (χ4n) is 1.41. The number of amides is 1. The van der Waals surface area contributed by atoms with Gasteiger partial charge in [-0.3, -0.25) is 9.78 Å². The Labute approximate surface area is 121 Å². The van der Waals surface area contributed by atoms with E-state index < -0.39 is 12.1 Å². The smallest absolute Gasteiger partial charge is 0.471 e. The summed E-state index contributed by atoms with van der Waals surface area (Å²) in [6.07, 6.45) is -1.02. The summed E-state index contributed by atoms with van der Waals surface area (Å²) in [5.74, 6) is -1.70. The largest absolute Gasteiger partial charge is 0.495 e. The van der Waals surface area contributed by atoms with Crippen LogP contribution in [0.4, 0.5) is 18.9 Å². The second kappa shape index (κ2) is 5.60. The van der Waals surface area contributed by atoms with Crippen LogP contribution in [-0.2, 0) is 4.79 Å². The van der Waals surface area contributed by atoms with Crippen LogP contribution in [0.2, 0.25) is 5.15 Å². The lowest BCUT2D eigenvalue weighted by molar-refractivity contribution is -0.167. The number of alkyl halides is 3. The van der Waals surface area contributed by atoms with Crippen molar-refractivity contribution in [3.05, 3.63) is 29.8 Å². The van der Waals surface area contributed by atoms with Crippen molar-refractivity contribution in [3.8, 4) is 11.4 Å². The number of nitrogens with zero attached hydrogens (tertiary/aromatic N) is 3. The van der Waals surface area contributed by atoms with Crippen molar-refractivity contribution in [2.45, 2.75) is 6.18 Å². The maximum absolute atomic E-state index is 12.2. The van der Waals surface area contributed by atoms with E-state index in [2.05, 4.69) is 10.1 Å². The maximum atomic E-state index is 12.2. The number of pyridine rings is 1. The Morgan fingerprint density at radius 2 is 2.14 bits per heavy atom. The lowest BCUT2D eigenvalue weighted by atomic mass is 10.4. The van der Waals surface area contributed by atoms with Gasteiger partial charge in [-0.15, -0.1) is 0 Å². The average molecular weight is 321 g/mol. The molecule has 0 unspecified atom stereocenters. The average Bonchev–Trinajstić information content (AvgIpc) is 2.79. The fraction of sp³-hybridized carbons (Fsp3) is 0.182. The number of ether oxygens (including phenoxy) is 1. The monoisotopic (exact) mass is 320 g/mol. The Morgan fingerprint density at radius 1 is 1.43 bits per heavy atom. The van der Waals surface area contributed by atoms with Gasteiger partial charge in [0.15, 0.2) is 5.15 Å². The first-order valence-corrected chi connectivity index (χ1v) is 5.82. The number of anilines is 1. The van der Waals surface area contributed by atoms with Crippen molar-refractivity contribution in [2.24, 2.45) is 0 Å². The van der Waals surface area contributed by atoms with E-state index in [-0.39, 0.29) is 10.8 Å². The molecule has 0 atom stereocenters. The Bertz CT molecular complexity index is 672. The van der Waals surface area contributed by atoms with Crippen molar-refractivity contribution < 1.29 is 22.7 Å². The van der Waals surface area contributed by atoms with Crippen LogP contribution < -0.4 is 10.1 Å². The van der Waals surface area contributed by atoms with Gasteiger partial charge in [0.05, 0.1) is 37.1 Å². The lowest BCUT2D eigenvalue weighted by Gasteiger charge is -2.05. The summed E-state index contributed by atoms with van der Waals surface area (Å²) in [4.78, 5) is 14.7. The number of methoxy groups -OCH3 is 1. The summed E-state index contributed by atoms with van der Waals surface area (Å²) < 4.78 is 42.7. The van der Waals surface area contributed by atoms with Crippen LogP contribution in [0.15, 0.2) is 24.7 Å². The zero-order chi connectivity index (χ0) is 15.6. The molecule has 10 heteroatoms. The number of rotatable bonds is 3. The van der Waals surface area contributed by atoms with Gasteiger partial charge >= 0.3 is 12.1 Å². The van der Waals surface area contributed by atoms with E-state index in [4.69, 9.17) is 16.3 Å². The molecule has 0 fully saturated rings. The number of aromatic nitrogens is 3. The van der Waals surface area contributed by atoms with Crippen molar-refractivity contribution >= 4 is 23.2 Å². The molecule has 2 aromatic heterocycles. The second-order valence-electron chi connectivity index (χ2n) is 3.81. The molecule has 0 aliphatic carbocycles. The molecule has 112 valence electrons. The lowest BCUT2D eigenvalue weighted by Crippen LogP contribution is -2.29. The number of nitrogens with one attached hydrogen (secondary N) is 1. The molecule has 0 aromatic carbocycles. The Hall–Kier alpha value is -2.29. The normalized spacial score (nSPS) is 11.3. The van der Waals surface area contributed by atoms with E-state index in [0.717, 1.165) is 6.20 Å². The number of carbonyl (C=O) groups is 1. The highest BCUT2D eigenvalue weighted by atomic mass is 35.5. The first-order chi connectivity index (χ1) is 9.81. The van der Waals surface area contributed by atoms with Gasteiger partial charge in [-0.25, -0.2) is 4.68 Å². The number of hydrogen-bond acceptors (Lipinski definition) is 4. The van der Waals surface area contributed by atoms with E-state index in [1.807, 2.05) is 0 Å². The highest BCUT2D eigenvalue weighted by Gasteiger charge is 2.39. The third-order valence-corrected chi connectivity index (χ3v) is 2.65. The topological polar surface area (TPSA) is 69.0 Å². The number of carbonyl (C=O) groups excluding carboxylic acids is 1. The van der Waals surface area contributed by atoms with Crippen LogP contribution in [0.5, 0.6) is 5.75 Å². The minimum atomic E-state index is -5.01. The van der Waals surface area contributed by atoms with Crippen molar-refractivity contribution in [2.75, 3.05) is 12.4 Å². The molecule has 0 saturated carbocycles. The van der Waals surface area contributed by atoms with Crippen LogP contribution in [0.1, 0.15) is 0 Å². The molecule has 1 amide bonds. The molecule has 21 heavy (non-hydrogen) atoms. The van der Waals surface area contributed by atoms with Crippen LogP contribution in [0.3, 0.4) is 0 Å². The van der Waals surface area contributed by atoms with Crippen molar-refractivity contribution in [3.63, 3.8) is 0 Å². The molecule has 0 bridgehead atoms. The Morgan fingerprint density at radius 3 is 2.76 bits per heavy atom. The van der Waals surface area contributed by atoms with Gasteiger partial charge in [0.25, 0.3) is 0 Å². The summed E-state index contributed by atoms with van der Waals surface area (Å²) in [5.41, 5.74) is 0.144. The van der Waals surface area contributed by atoms with E-state index in [0.29, 0.717) is 11.4 Å². The molecule has 0 radical (unpaired) electrons. The molecular weight excluding hydrogens is 313 g/mol. The van der Waals surface area contributed by atoms with Crippen LogP contribution >= 0.6 is 11.6 Å². The molecule has 2 rings (SSSR count). The SMILES string of the molecule is COc1cncc(-n2cc(NC(=O)C(F)(F)F)c(Cl)n2)c1. The number of hydrogen-bond donors (Lipinski definition) is 1. The quantitative estimate of drug-likeness (QED) is 0.943. The van der Waals surface area contributed by atoms with Crippen LogP contribution in [0, 0.1) is 0 Å².